The fourth-order valence-electron chi connectivity index (χ4n) is 5.16. The van der Waals surface area contributed by atoms with Gasteiger partial charge < -0.3 is 10.2 Å². The van der Waals surface area contributed by atoms with E-state index in [9.17, 15) is 28.0 Å². The van der Waals surface area contributed by atoms with Crippen molar-refractivity contribution in [2.24, 2.45) is 0 Å². The molecule has 182 valence electrons. The summed E-state index contributed by atoms with van der Waals surface area (Å²) in [5.74, 6) is -6.98. The molecule has 2 aromatic rings. The SMILES string of the molecule is Bc1c(C(B)(B)NC(=O)C(F)(F)c2ccc(Cl)cc2)ccc2c1C(B)N(C1CCC(=O)NC1=O)C2=O. The third-order valence-electron chi connectivity index (χ3n) is 6.95. The highest BCUT2D eigenvalue weighted by Gasteiger charge is 2.46. The Kier molecular flexibility index (Phi) is 6.58. The number of rotatable bonds is 5. The summed E-state index contributed by atoms with van der Waals surface area (Å²) in [6.45, 7) is 0. The maximum Gasteiger partial charge on any atom is 0.349 e. The Labute approximate surface area is 215 Å². The third-order valence-corrected chi connectivity index (χ3v) is 7.20. The van der Waals surface area contributed by atoms with Gasteiger partial charge in [0.25, 0.3) is 11.8 Å². The van der Waals surface area contributed by atoms with Crippen molar-refractivity contribution >= 4 is 72.1 Å². The Morgan fingerprint density at radius 3 is 2.36 bits per heavy atom. The van der Waals surface area contributed by atoms with E-state index < -0.39 is 40.6 Å². The van der Waals surface area contributed by atoms with Gasteiger partial charge in [-0.2, -0.15) is 8.78 Å². The van der Waals surface area contributed by atoms with Crippen LogP contribution in [0.3, 0.4) is 0 Å². The maximum atomic E-state index is 14.9. The Balaban J connectivity index is 1.63. The van der Waals surface area contributed by atoms with Crippen molar-refractivity contribution in [3.63, 3.8) is 0 Å². The monoisotopic (exact) mass is 509 g/mol. The second-order valence-corrected chi connectivity index (χ2v) is 10.2. The lowest BCUT2D eigenvalue weighted by Gasteiger charge is -2.34. The van der Waals surface area contributed by atoms with E-state index in [1.165, 1.54) is 17.0 Å². The molecule has 1 fully saturated rings. The van der Waals surface area contributed by atoms with Crippen LogP contribution in [0.1, 0.15) is 45.8 Å². The van der Waals surface area contributed by atoms with Gasteiger partial charge in [0, 0.05) is 33.8 Å². The average molecular weight is 509 g/mol. The van der Waals surface area contributed by atoms with Crippen LogP contribution in [-0.2, 0) is 25.6 Å². The highest BCUT2D eigenvalue weighted by Crippen LogP contribution is 2.36. The van der Waals surface area contributed by atoms with E-state index >= 15 is 0 Å². The lowest BCUT2D eigenvalue weighted by Crippen LogP contribution is -2.54. The molecule has 2 heterocycles. The average Bonchev–Trinajstić information content (AvgIpc) is 3.04. The normalized spacial score (nSPS) is 20.2. The van der Waals surface area contributed by atoms with E-state index in [0.29, 0.717) is 22.2 Å². The molecule has 0 spiro atoms. The first kappa shape index (κ1) is 26.0. The standard InChI is InChI=1S/C22H22B4ClF2N3O4/c23-16-12(22(25,26)31-20(36)21(28,29)9-1-3-10(27)4-2-9)6-5-11-15(16)17(24)32(19(11)35)13-7-8-14(33)30-18(13)34/h1-6,13,17H,7-8,23-26H2,(H,31,36)(H,30,33,34). The number of alkyl halides is 2. The Bertz CT molecular complexity index is 1290. The molecule has 2 aliphatic rings. The second-order valence-electron chi connectivity index (χ2n) is 9.72. The van der Waals surface area contributed by atoms with Crippen LogP contribution in [0.25, 0.3) is 0 Å². The summed E-state index contributed by atoms with van der Waals surface area (Å²) in [5, 5.41) is 3.79. The van der Waals surface area contributed by atoms with E-state index in [2.05, 4.69) is 10.6 Å². The van der Waals surface area contributed by atoms with Gasteiger partial charge in [0.2, 0.25) is 11.8 Å². The minimum absolute atomic E-state index is 0.133. The second kappa shape index (κ2) is 9.10. The van der Waals surface area contributed by atoms with Crippen LogP contribution in [0.4, 0.5) is 8.78 Å². The summed E-state index contributed by atoms with van der Waals surface area (Å²) in [6.07, 6.45) is 0.357. The number of amides is 4. The van der Waals surface area contributed by atoms with E-state index in [1.807, 2.05) is 0 Å². The number of piperidine rings is 1. The molecule has 7 nitrogen and oxygen atoms in total. The van der Waals surface area contributed by atoms with Gasteiger partial charge in [0.15, 0.2) is 0 Å². The molecule has 4 amide bonds. The molecule has 2 atom stereocenters. The molecular formula is C22H22B4ClF2N3O4. The molecule has 2 aliphatic heterocycles. The van der Waals surface area contributed by atoms with Gasteiger partial charge in [0.05, 0.1) is 0 Å². The van der Waals surface area contributed by atoms with Crippen LogP contribution >= 0.6 is 11.6 Å². The number of carbonyl (C=O) groups is 4. The van der Waals surface area contributed by atoms with Crippen LogP contribution in [-0.4, -0.2) is 66.0 Å². The number of fused-ring (bicyclic) bond motifs is 1. The van der Waals surface area contributed by atoms with Gasteiger partial charge in [-0.25, -0.2) is 0 Å². The van der Waals surface area contributed by atoms with Gasteiger partial charge in [-0.15, -0.1) is 0 Å². The number of hydrogen-bond acceptors (Lipinski definition) is 4. The third kappa shape index (κ3) is 4.34. The van der Waals surface area contributed by atoms with Crippen LogP contribution < -0.4 is 16.1 Å². The van der Waals surface area contributed by atoms with Crippen molar-refractivity contribution in [2.75, 3.05) is 0 Å². The summed E-state index contributed by atoms with van der Waals surface area (Å²) in [6, 6.07) is 7.23. The first-order chi connectivity index (χ1) is 16.8. The first-order valence-corrected chi connectivity index (χ1v) is 11.9. The summed E-state index contributed by atoms with van der Waals surface area (Å²) < 4.78 is 29.8. The molecule has 0 bridgehead atoms. The molecule has 0 radical (unpaired) electrons. The van der Waals surface area contributed by atoms with Crippen molar-refractivity contribution in [3.8, 4) is 0 Å². The van der Waals surface area contributed by atoms with Gasteiger partial charge in [-0.3, -0.25) is 24.5 Å². The first-order valence-electron chi connectivity index (χ1n) is 11.5. The molecule has 0 aliphatic carbocycles. The van der Waals surface area contributed by atoms with Crippen molar-refractivity contribution < 1.29 is 28.0 Å². The van der Waals surface area contributed by atoms with Gasteiger partial charge in [0.1, 0.15) is 37.4 Å². The summed E-state index contributed by atoms with van der Waals surface area (Å²) >= 11 is 5.78. The molecule has 2 unspecified atom stereocenters. The molecule has 36 heavy (non-hydrogen) atoms. The molecule has 0 saturated carbocycles. The van der Waals surface area contributed by atoms with Crippen LogP contribution in [0.2, 0.25) is 5.02 Å². The van der Waals surface area contributed by atoms with Crippen molar-refractivity contribution in [3.05, 3.63) is 63.7 Å². The van der Waals surface area contributed by atoms with Crippen molar-refractivity contribution in [1.29, 1.82) is 0 Å². The number of benzene rings is 2. The predicted octanol–water partition coefficient (Wildman–Crippen LogP) is -2.22. The van der Waals surface area contributed by atoms with E-state index in [1.54, 1.807) is 43.5 Å². The molecule has 4 rings (SSSR count). The van der Waals surface area contributed by atoms with E-state index in [4.69, 9.17) is 11.6 Å². The Hall–Kier alpha value is -3.07. The fourth-order valence-corrected chi connectivity index (χ4v) is 5.29. The molecule has 14 heteroatoms. The van der Waals surface area contributed by atoms with Crippen LogP contribution in [0.5, 0.6) is 0 Å². The van der Waals surface area contributed by atoms with Gasteiger partial charge >= 0.3 is 5.92 Å². The zero-order valence-electron chi connectivity index (χ0n) is 20.2. The fraction of sp³-hybridized carbons (Fsp3) is 0.273. The van der Waals surface area contributed by atoms with Crippen molar-refractivity contribution in [2.45, 2.75) is 36.1 Å². The number of halogens is 3. The number of imide groups is 1. The number of hydrogen-bond donors (Lipinski definition) is 2. The van der Waals surface area contributed by atoms with Gasteiger partial charge in [-0.05, 0) is 35.7 Å². The molecule has 1 saturated heterocycles. The zero-order valence-corrected chi connectivity index (χ0v) is 21.0. The summed E-state index contributed by atoms with van der Waals surface area (Å²) in [5.41, 5.74) is 1.80. The largest absolute Gasteiger partial charge is 0.357 e. The Morgan fingerprint density at radius 1 is 1.11 bits per heavy atom. The Morgan fingerprint density at radius 2 is 1.75 bits per heavy atom. The van der Waals surface area contributed by atoms with Gasteiger partial charge in [-0.1, -0.05) is 35.3 Å². The lowest BCUT2D eigenvalue weighted by atomic mass is 9.54. The van der Waals surface area contributed by atoms with Crippen molar-refractivity contribution in [1.82, 2.24) is 15.5 Å². The zero-order chi connectivity index (χ0) is 26.6. The molecular weight excluding hydrogens is 487 g/mol. The number of nitrogens with zero attached hydrogens (tertiary/aromatic N) is 1. The topological polar surface area (TPSA) is 95.6 Å². The molecule has 2 aromatic carbocycles. The minimum atomic E-state index is -3.79. The van der Waals surface area contributed by atoms with Crippen LogP contribution in [0.15, 0.2) is 36.4 Å². The summed E-state index contributed by atoms with van der Waals surface area (Å²) in [7, 11) is 6.76. The highest BCUT2D eigenvalue weighted by atomic mass is 35.5. The molecule has 2 N–H and O–H groups in total. The quantitative estimate of drug-likeness (QED) is 0.353. The maximum absolute atomic E-state index is 14.9. The smallest absolute Gasteiger partial charge is 0.349 e. The highest BCUT2D eigenvalue weighted by molar-refractivity contribution is 6.45. The van der Waals surface area contributed by atoms with E-state index in [0.717, 1.165) is 12.1 Å². The number of nitrogens with one attached hydrogen (secondary N) is 2. The molecule has 0 aromatic heterocycles. The summed E-state index contributed by atoms with van der Waals surface area (Å²) in [4.78, 5) is 51.4. The van der Waals surface area contributed by atoms with Crippen LogP contribution in [0, 0.1) is 0 Å². The predicted molar refractivity (Wildman–Crippen MR) is 141 cm³/mol. The lowest BCUT2D eigenvalue weighted by molar-refractivity contribution is -0.147. The minimum Gasteiger partial charge on any atom is -0.357 e. The number of carbonyl (C=O) groups excluding carboxylic acids is 4. The van der Waals surface area contributed by atoms with E-state index in [-0.39, 0.29) is 29.7 Å².